The second-order valence-corrected chi connectivity index (χ2v) is 5.07. The van der Waals surface area contributed by atoms with Crippen molar-refractivity contribution < 1.29 is 5.11 Å². The van der Waals surface area contributed by atoms with Crippen LogP contribution in [0, 0.1) is 6.92 Å². The van der Waals surface area contributed by atoms with Crippen molar-refractivity contribution in [1.82, 2.24) is 0 Å². The molecular formula is C17H21NO. The number of aromatic hydroxyl groups is 1. The number of rotatable bonds is 5. The minimum absolute atomic E-state index is 0.350. The topological polar surface area (TPSA) is 32.3 Å². The predicted octanol–water partition coefficient (Wildman–Crippen LogP) is 4.13. The third-order valence-electron chi connectivity index (χ3n) is 3.32. The maximum absolute atomic E-state index is 9.50. The summed E-state index contributed by atoms with van der Waals surface area (Å²) in [5.74, 6) is 0.350. The highest BCUT2D eigenvalue weighted by atomic mass is 16.3. The SMILES string of the molecule is Cc1cc(NC(C)CCc2ccccc2)ccc1O. The van der Waals surface area contributed by atoms with E-state index in [1.807, 2.05) is 25.1 Å². The molecule has 100 valence electrons. The lowest BCUT2D eigenvalue weighted by Crippen LogP contribution is -2.16. The summed E-state index contributed by atoms with van der Waals surface area (Å²) in [6.45, 7) is 4.10. The molecule has 1 atom stereocenters. The van der Waals surface area contributed by atoms with Gasteiger partial charge in [0.05, 0.1) is 0 Å². The molecule has 2 nitrogen and oxygen atoms in total. The molecule has 19 heavy (non-hydrogen) atoms. The zero-order valence-electron chi connectivity index (χ0n) is 11.6. The summed E-state index contributed by atoms with van der Waals surface area (Å²) in [5.41, 5.74) is 3.34. The Kier molecular flexibility index (Phi) is 4.45. The van der Waals surface area contributed by atoms with Crippen LogP contribution in [0.15, 0.2) is 48.5 Å². The molecule has 0 aliphatic heterocycles. The normalized spacial score (nSPS) is 12.1. The Morgan fingerprint density at radius 2 is 1.84 bits per heavy atom. The van der Waals surface area contributed by atoms with Gasteiger partial charge in [0.15, 0.2) is 0 Å². The molecule has 0 fully saturated rings. The smallest absolute Gasteiger partial charge is 0.118 e. The Hall–Kier alpha value is -1.96. The molecule has 0 saturated heterocycles. The lowest BCUT2D eigenvalue weighted by molar-refractivity contribution is 0.471. The van der Waals surface area contributed by atoms with Crippen LogP contribution in [0.1, 0.15) is 24.5 Å². The predicted molar refractivity (Wildman–Crippen MR) is 80.7 cm³/mol. The molecule has 2 aromatic rings. The summed E-state index contributed by atoms with van der Waals surface area (Å²) >= 11 is 0. The quantitative estimate of drug-likeness (QED) is 0.787. The molecule has 2 heteroatoms. The van der Waals surface area contributed by atoms with Gasteiger partial charge in [0.25, 0.3) is 0 Å². The summed E-state index contributed by atoms with van der Waals surface area (Å²) in [7, 11) is 0. The van der Waals surface area contributed by atoms with E-state index < -0.39 is 0 Å². The van der Waals surface area contributed by atoms with Crippen molar-refractivity contribution in [3.8, 4) is 5.75 Å². The molecule has 0 spiro atoms. The molecule has 2 rings (SSSR count). The standard InChI is InChI=1S/C17H21NO/c1-13-12-16(10-11-17(13)19)18-14(2)8-9-15-6-4-3-5-7-15/h3-7,10-12,14,18-19H,8-9H2,1-2H3. The number of phenolic OH excluding ortho intramolecular Hbond substituents is 1. The minimum atomic E-state index is 0.350. The highest BCUT2D eigenvalue weighted by Gasteiger charge is 2.04. The number of anilines is 1. The van der Waals surface area contributed by atoms with Crippen molar-refractivity contribution in [2.75, 3.05) is 5.32 Å². The van der Waals surface area contributed by atoms with Crippen LogP contribution in [0.4, 0.5) is 5.69 Å². The van der Waals surface area contributed by atoms with Crippen LogP contribution in [0.2, 0.25) is 0 Å². The first-order valence-electron chi connectivity index (χ1n) is 6.75. The second-order valence-electron chi connectivity index (χ2n) is 5.07. The molecule has 2 N–H and O–H groups in total. The molecule has 0 saturated carbocycles. The first-order valence-corrected chi connectivity index (χ1v) is 6.75. The summed E-state index contributed by atoms with van der Waals surface area (Å²) in [6.07, 6.45) is 2.16. The van der Waals surface area contributed by atoms with Crippen LogP contribution in [0.5, 0.6) is 5.75 Å². The number of hydrogen-bond acceptors (Lipinski definition) is 2. The van der Waals surface area contributed by atoms with Crippen LogP contribution in [-0.2, 0) is 6.42 Å². The van der Waals surface area contributed by atoms with Crippen LogP contribution in [0.3, 0.4) is 0 Å². The fraction of sp³-hybridized carbons (Fsp3) is 0.294. The Labute approximate surface area is 115 Å². The molecule has 1 unspecified atom stereocenters. The van der Waals surface area contributed by atoms with E-state index in [2.05, 4.69) is 36.5 Å². The second kappa shape index (κ2) is 6.28. The van der Waals surface area contributed by atoms with Gasteiger partial charge in [-0.1, -0.05) is 30.3 Å². The zero-order valence-corrected chi connectivity index (χ0v) is 11.6. The van der Waals surface area contributed by atoms with Crippen molar-refractivity contribution in [3.05, 3.63) is 59.7 Å². The maximum atomic E-state index is 9.50. The fourth-order valence-corrected chi connectivity index (χ4v) is 2.13. The van der Waals surface area contributed by atoms with E-state index in [0.717, 1.165) is 24.1 Å². The summed E-state index contributed by atoms with van der Waals surface area (Å²) < 4.78 is 0. The fourth-order valence-electron chi connectivity index (χ4n) is 2.13. The maximum Gasteiger partial charge on any atom is 0.118 e. The molecule has 0 amide bonds. The average molecular weight is 255 g/mol. The Bertz CT molecular complexity index is 522. The van der Waals surface area contributed by atoms with Gasteiger partial charge in [-0.15, -0.1) is 0 Å². The van der Waals surface area contributed by atoms with Gasteiger partial charge in [-0.05, 0) is 56.0 Å². The molecule has 2 aromatic carbocycles. The molecule has 0 aliphatic carbocycles. The lowest BCUT2D eigenvalue weighted by atomic mass is 10.1. The van der Waals surface area contributed by atoms with Gasteiger partial charge >= 0.3 is 0 Å². The van der Waals surface area contributed by atoms with Gasteiger partial charge in [0.1, 0.15) is 5.75 Å². The van der Waals surface area contributed by atoms with Crippen LogP contribution in [0.25, 0.3) is 0 Å². The summed E-state index contributed by atoms with van der Waals surface area (Å²) in [6, 6.07) is 16.6. The average Bonchev–Trinajstić information content (AvgIpc) is 2.42. The van der Waals surface area contributed by atoms with E-state index in [9.17, 15) is 5.11 Å². The van der Waals surface area contributed by atoms with Crippen molar-refractivity contribution in [2.45, 2.75) is 32.7 Å². The Balaban J connectivity index is 1.87. The largest absolute Gasteiger partial charge is 0.508 e. The highest BCUT2D eigenvalue weighted by Crippen LogP contribution is 2.21. The third-order valence-corrected chi connectivity index (χ3v) is 3.32. The molecule has 0 bridgehead atoms. The monoisotopic (exact) mass is 255 g/mol. The van der Waals surface area contributed by atoms with Gasteiger partial charge in [-0.3, -0.25) is 0 Å². The number of hydrogen-bond donors (Lipinski definition) is 2. The number of benzene rings is 2. The van der Waals surface area contributed by atoms with Crippen molar-refractivity contribution in [2.24, 2.45) is 0 Å². The highest BCUT2D eigenvalue weighted by molar-refractivity contribution is 5.50. The van der Waals surface area contributed by atoms with Crippen molar-refractivity contribution in [3.63, 3.8) is 0 Å². The number of phenols is 1. The van der Waals surface area contributed by atoms with Crippen molar-refractivity contribution in [1.29, 1.82) is 0 Å². The van der Waals surface area contributed by atoms with Crippen LogP contribution in [-0.4, -0.2) is 11.1 Å². The lowest BCUT2D eigenvalue weighted by Gasteiger charge is -2.16. The van der Waals surface area contributed by atoms with E-state index in [0.29, 0.717) is 11.8 Å². The Morgan fingerprint density at radius 1 is 1.11 bits per heavy atom. The van der Waals surface area contributed by atoms with E-state index in [1.165, 1.54) is 5.56 Å². The van der Waals surface area contributed by atoms with Gasteiger partial charge in [0.2, 0.25) is 0 Å². The van der Waals surface area contributed by atoms with E-state index in [4.69, 9.17) is 0 Å². The van der Waals surface area contributed by atoms with Gasteiger partial charge in [-0.2, -0.15) is 0 Å². The summed E-state index contributed by atoms with van der Waals surface area (Å²) in [5, 5.41) is 13.0. The molecule has 0 aliphatic rings. The van der Waals surface area contributed by atoms with E-state index >= 15 is 0 Å². The van der Waals surface area contributed by atoms with E-state index in [-0.39, 0.29) is 0 Å². The molecular weight excluding hydrogens is 234 g/mol. The van der Waals surface area contributed by atoms with Crippen LogP contribution >= 0.6 is 0 Å². The number of aryl methyl sites for hydroxylation is 2. The molecule has 0 heterocycles. The third kappa shape index (κ3) is 4.02. The summed E-state index contributed by atoms with van der Waals surface area (Å²) in [4.78, 5) is 0. The van der Waals surface area contributed by atoms with E-state index in [1.54, 1.807) is 6.07 Å². The first kappa shape index (κ1) is 13.5. The first-order chi connectivity index (χ1) is 9.15. The number of nitrogens with one attached hydrogen (secondary N) is 1. The van der Waals surface area contributed by atoms with Gasteiger partial charge in [-0.25, -0.2) is 0 Å². The van der Waals surface area contributed by atoms with Gasteiger partial charge < -0.3 is 10.4 Å². The zero-order chi connectivity index (χ0) is 13.7. The molecule has 0 aromatic heterocycles. The van der Waals surface area contributed by atoms with Gasteiger partial charge in [0, 0.05) is 11.7 Å². The van der Waals surface area contributed by atoms with Crippen molar-refractivity contribution >= 4 is 5.69 Å². The minimum Gasteiger partial charge on any atom is -0.508 e. The Morgan fingerprint density at radius 3 is 2.53 bits per heavy atom. The molecule has 0 radical (unpaired) electrons. The van der Waals surface area contributed by atoms with Crippen LogP contribution < -0.4 is 5.32 Å².